The summed E-state index contributed by atoms with van der Waals surface area (Å²) in [6.45, 7) is 4.99. The first-order valence-corrected chi connectivity index (χ1v) is 35.4. The predicted octanol–water partition coefficient (Wildman–Crippen LogP) is 22.8. The number of ether oxygens (including phenoxy) is 1. The lowest BCUT2D eigenvalue weighted by atomic mass is 10.0. The zero-order chi connectivity index (χ0) is 55.7. The molecule has 2 atom stereocenters. The monoisotopic (exact) mass is 1090 g/mol. The normalized spacial score (nSPS) is 12.5. The molecule has 1 amide bonds. The van der Waals surface area contributed by atoms with Gasteiger partial charge < -0.3 is 20.3 Å². The Bertz CT molecular complexity index is 1160. The van der Waals surface area contributed by atoms with Gasteiger partial charge in [0.25, 0.3) is 0 Å². The fraction of sp³-hybridized carbons (Fsp3) is 0.944. The van der Waals surface area contributed by atoms with Crippen molar-refractivity contribution in [3.63, 3.8) is 0 Å². The molecule has 0 bridgehead atoms. The number of hydrogen-bond donors (Lipinski definition) is 3. The van der Waals surface area contributed by atoms with Crippen LogP contribution in [0.4, 0.5) is 0 Å². The highest BCUT2D eigenvalue weighted by Crippen LogP contribution is 2.19. The average molecular weight is 1090 g/mol. The van der Waals surface area contributed by atoms with Crippen LogP contribution in [0.3, 0.4) is 0 Å². The van der Waals surface area contributed by atoms with E-state index in [1.165, 1.54) is 334 Å². The maximum absolute atomic E-state index is 12.6. The van der Waals surface area contributed by atoms with Crippen molar-refractivity contribution in [2.75, 3.05) is 13.2 Å². The summed E-state index contributed by atoms with van der Waals surface area (Å²) in [4.78, 5) is 24.6. The number of nitrogens with one attached hydrogen (secondary N) is 1. The summed E-state index contributed by atoms with van der Waals surface area (Å²) in [6, 6.07) is -0.547. The molecule has 77 heavy (non-hydrogen) atoms. The van der Waals surface area contributed by atoms with Crippen molar-refractivity contribution < 1.29 is 24.5 Å². The third kappa shape index (κ3) is 63.6. The van der Waals surface area contributed by atoms with Crippen LogP contribution in [0.1, 0.15) is 406 Å². The van der Waals surface area contributed by atoms with Crippen LogP contribution in [-0.2, 0) is 14.3 Å². The van der Waals surface area contributed by atoms with Crippen molar-refractivity contribution in [3.8, 4) is 0 Å². The molecule has 2 unspecified atom stereocenters. The van der Waals surface area contributed by atoms with Gasteiger partial charge in [-0.05, 0) is 51.4 Å². The molecule has 0 aromatic rings. The van der Waals surface area contributed by atoms with E-state index in [0.29, 0.717) is 25.9 Å². The van der Waals surface area contributed by atoms with Gasteiger partial charge in [0.2, 0.25) is 5.91 Å². The van der Waals surface area contributed by atoms with Gasteiger partial charge >= 0.3 is 5.97 Å². The molecule has 0 aliphatic carbocycles. The van der Waals surface area contributed by atoms with Crippen LogP contribution in [-0.4, -0.2) is 47.4 Å². The van der Waals surface area contributed by atoms with Gasteiger partial charge in [-0.15, -0.1) is 0 Å². The van der Waals surface area contributed by atoms with E-state index in [0.717, 1.165) is 38.5 Å². The molecule has 0 aliphatic rings. The number of carbonyl (C=O) groups is 2. The fourth-order valence-electron chi connectivity index (χ4n) is 11.4. The second-order valence-corrected chi connectivity index (χ2v) is 24.6. The Labute approximate surface area is 482 Å². The second-order valence-electron chi connectivity index (χ2n) is 24.6. The summed E-state index contributed by atoms with van der Waals surface area (Å²) in [7, 11) is 0. The Hall–Kier alpha value is -1.40. The number of carbonyl (C=O) groups excluding carboxylic acids is 2. The molecule has 0 fully saturated rings. The van der Waals surface area contributed by atoms with Gasteiger partial charge in [0.15, 0.2) is 0 Å². The van der Waals surface area contributed by atoms with Gasteiger partial charge in [-0.3, -0.25) is 9.59 Å². The second kappa shape index (κ2) is 67.1. The molecule has 0 aromatic carbocycles. The van der Waals surface area contributed by atoms with E-state index in [-0.39, 0.29) is 18.5 Å². The quantitative estimate of drug-likeness (QED) is 0.0320. The van der Waals surface area contributed by atoms with Crippen LogP contribution in [0.25, 0.3) is 0 Å². The van der Waals surface area contributed by atoms with Crippen LogP contribution >= 0.6 is 0 Å². The Morgan fingerprint density at radius 2 is 0.610 bits per heavy atom. The summed E-state index contributed by atoms with van der Waals surface area (Å²) in [5, 5.41) is 23.4. The lowest BCUT2D eigenvalue weighted by Crippen LogP contribution is -2.45. The zero-order valence-electron chi connectivity index (χ0n) is 52.5. The lowest BCUT2D eigenvalue weighted by Gasteiger charge is -2.22. The van der Waals surface area contributed by atoms with Crippen molar-refractivity contribution in [3.05, 3.63) is 12.2 Å². The molecule has 0 aromatic heterocycles. The topological polar surface area (TPSA) is 95.9 Å². The number of unbranched alkanes of at least 4 members (excludes halogenated alkanes) is 54. The number of allylic oxidation sites excluding steroid dienone is 2. The minimum Gasteiger partial charge on any atom is -0.466 e. The van der Waals surface area contributed by atoms with E-state index in [4.69, 9.17) is 4.74 Å². The minimum atomic E-state index is -0.669. The first kappa shape index (κ1) is 75.6. The molecule has 0 saturated heterocycles. The van der Waals surface area contributed by atoms with E-state index in [1.54, 1.807) is 0 Å². The van der Waals surface area contributed by atoms with E-state index < -0.39 is 12.1 Å². The molecule has 0 spiro atoms. The largest absolute Gasteiger partial charge is 0.466 e. The molecule has 0 aliphatic heterocycles. The summed E-state index contributed by atoms with van der Waals surface area (Å²) < 4.78 is 5.49. The SMILES string of the molecule is CCCCCCCCCCCCCCCCCCCCCCCCCCC(O)C(CO)NC(=O)CCCCCCCCC/C=C\CCCCCCCCCCCCCCOC(=O)CCCCCCCCCCCCCCC. The van der Waals surface area contributed by atoms with Crippen LogP contribution < -0.4 is 5.32 Å². The minimum absolute atomic E-state index is 0.0143. The number of esters is 1. The number of aliphatic hydroxyl groups is 2. The molecule has 0 saturated carbocycles. The van der Waals surface area contributed by atoms with Crippen LogP contribution in [0.15, 0.2) is 12.2 Å². The van der Waals surface area contributed by atoms with Gasteiger partial charge in [0.1, 0.15) is 0 Å². The highest BCUT2D eigenvalue weighted by Gasteiger charge is 2.20. The lowest BCUT2D eigenvalue weighted by molar-refractivity contribution is -0.143. The fourth-order valence-corrected chi connectivity index (χ4v) is 11.4. The average Bonchev–Trinajstić information content (AvgIpc) is 3.43. The molecule has 0 rings (SSSR count). The first-order valence-electron chi connectivity index (χ1n) is 35.4. The maximum atomic E-state index is 12.6. The van der Waals surface area contributed by atoms with Crippen LogP contribution in [0, 0.1) is 0 Å². The highest BCUT2D eigenvalue weighted by molar-refractivity contribution is 5.76. The molecular weight excluding hydrogens is 947 g/mol. The molecule has 6 nitrogen and oxygen atoms in total. The van der Waals surface area contributed by atoms with Gasteiger partial charge in [-0.2, -0.15) is 0 Å². The third-order valence-electron chi connectivity index (χ3n) is 16.8. The molecular formula is C71H139NO5. The van der Waals surface area contributed by atoms with E-state index in [9.17, 15) is 19.8 Å². The number of aliphatic hydroxyl groups excluding tert-OH is 2. The molecule has 0 radical (unpaired) electrons. The van der Waals surface area contributed by atoms with Crippen molar-refractivity contribution in [1.29, 1.82) is 0 Å². The van der Waals surface area contributed by atoms with Crippen molar-refractivity contribution in [1.82, 2.24) is 5.32 Å². The Morgan fingerprint density at radius 3 is 0.922 bits per heavy atom. The van der Waals surface area contributed by atoms with Crippen molar-refractivity contribution in [2.24, 2.45) is 0 Å². The Balaban J connectivity index is 3.40. The summed E-state index contributed by atoms with van der Waals surface area (Å²) in [6.07, 6.45) is 82.6. The number of hydrogen-bond acceptors (Lipinski definition) is 5. The zero-order valence-corrected chi connectivity index (χ0v) is 52.5. The van der Waals surface area contributed by atoms with Gasteiger partial charge in [0, 0.05) is 12.8 Å². The van der Waals surface area contributed by atoms with Crippen LogP contribution in [0.2, 0.25) is 0 Å². The van der Waals surface area contributed by atoms with Gasteiger partial charge in [0.05, 0.1) is 25.4 Å². The molecule has 458 valence electrons. The summed E-state index contributed by atoms with van der Waals surface area (Å²) in [5.74, 6) is -0.0218. The standard InChI is InChI=1S/C71H139NO5/c1-3-5-7-9-11-13-15-17-18-19-20-21-22-24-27-30-33-36-40-43-47-51-55-59-63-69(74)68(67-73)72-70(75)64-60-56-52-48-44-41-37-34-31-28-25-23-26-29-32-35-38-42-46-50-54-58-62-66-77-71(76)65-61-57-53-49-45-39-16-14-12-10-8-6-4-2/h28,31,68-69,73-74H,3-27,29-30,32-67H2,1-2H3,(H,72,75)/b31-28-. The molecule has 6 heteroatoms. The molecule has 0 heterocycles. The third-order valence-corrected chi connectivity index (χ3v) is 16.8. The van der Waals surface area contributed by atoms with E-state index in [1.807, 2.05) is 0 Å². The highest BCUT2D eigenvalue weighted by atomic mass is 16.5. The smallest absolute Gasteiger partial charge is 0.305 e. The van der Waals surface area contributed by atoms with Crippen LogP contribution in [0.5, 0.6) is 0 Å². The predicted molar refractivity (Wildman–Crippen MR) is 338 cm³/mol. The van der Waals surface area contributed by atoms with Crippen molar-refractivity contribution >= 4 is 11.9 Å². The van der Waals surface area contributed by atoms with Gasteiger partial charge in [-0.1, -0.05) is 353 Å². The summed E-state index contributed by atoms with van der Waals surface area (Å²) >= 11 is 0. The molecule has 3 N–H and O–H groups in total. The van der Waals surface area contributed by atoms with Crippen molar-refractivity contribution in [2.45, 2.75) is 418 Å². The van der Waals surface area contributed by atoms with E-state index in [2.05, 4.69) is 31.3 Å². The summed E-state index contributed by atoms with van der Waals surface area (Å²) in [5.41, 5.74) is 0. The van der Waals surface area contributed by atoms with E-state index >= 15 is 0 Å². The Kier molecular flexibility index (Phi) is 65.9. The van der Waals surface area contributed by atoms with Gasteiger partial charge in [-0.25, -0.2) is 0 Å². The maximum Gasteiger partial charge on any atom is 0.305 e. The number of rotatable bonds is 67. The first-order chi connectivity index (χ1) is 38.0. The Morgan fingerprint density at radius 1 is 0.351 bits per heavy atom. The number of amides is 1.